The van der Waals surface area contributed by atoms with E-state index in [0.29, 0.717) is 29.1 Å². The number of carbonyl (C=O) groups excluding carboxylic acids is 2. The van der Waals surface area contributed by atoms with Crippen molar-refractivity contribution in [2.75, 3.05) is 23.7 Å². The van der Waals surface area contributed by atoms with Crippen LogP contribution in [0.3, 0.4) is 0 Å². The van der Waals surface area contributed by atoms with Gasteiger partial charge in [0.1, 0.15) is 5.54 Å². The molecule has 0 aliphatic carbocycles. The van der Waals surface area contributed by atoms with Crippen molar-refractivity contribution in [3.8, 4) is 0 Å². The van der Waals surface area contributed by atoms with Crippen molar-refractivity contribution in [1.82, 2.24) is 15.1 Å². The molecule has 3 heterocycles. The van der Waals surface area contributed by atoms with E-state index in [2.05, 4.69) is 21.0 Å². The Labute approximate surface area is 178 Å². The third-order valence-electron chi connectivity index (χ3n) is 4.94. The van der Waals surface area contributed by atoms with Crippen LogP contribution in [0.1, 0.15) is 22.5 Å². The van der Waals surface area contributed by atoms with E-state index in [1.807, 2.05) is 23.7 Å². The largest absolute Gasteiger partial charge is 0.324 e. The zero-order valence-corrected chi connectivity index (χ0v) is 17.3. The molecule has 4 rings (SSSR count). The minimum absolute atomic E-state index is 0. The van der Waals surface area contributed by atoms with Crippen molar-refractivity contribution >= 4 is 46.9 Å². The summed E-state index contributed by atoms with van der Waals surface area (Å²) in [4.78, 5) is 25.9. The number of hydrogen-bond acceptors (Lipinski definition) is 5. The summed E-state index contributed by atoms with van der Waals surface area (Å²) < 4.78 is 1.76. The van der Waals surface area contributed by atoms with Crippen LogP contribution in [0.15, 0.2) is 60.2 Å². The number of amides is 2. The molecular formula is C20H22ClN5O2S. The Bertz CT molecular complexity index is 936. The van der Waals surface area contributed by atoms with Crippen LogP contribution in [0.5, 0.6) is 0 Å². The fraction of sp³-hybridized carbons (Fsp3) is 0.250. The molecule has 1 fully saturated rings. The first-order valence-electron chi connectivity index (χ1n) is 9.15. The monoisotopic (exact) mass is 431 g/mol. The Hall–Kier alpha value is -2.68. The summed E-state index contributed by atoms with van der Waals surface area (Å²) in [5.74, 6) is -0.216. The maximum Gasteiger partial charge on any atom is 0.265 e. The number of rotatable bonds is 5. The number of aromatic nitrogens is 2. The molecule has 0 atom stereocenters. The van der Waals surface area contributed by atoms with Crippen LogP contribution >= 0.6 is 23.7 Å². The van der Waals surface area contributed by atoms with Crippen molar-refractivity contribution in [3.05, 3.63) is 65.1 Å². The molecule has 0 unspecified atom stereocenters. The predicted molar refractivity (Wildman–Crippen MR) is 117 cm³/mol. The maximum atomic E-state index is 13.1. The molecule has 0 radical (unpaired) electrons. The molecule has 9 heteroatoms. The lowest BCUT2D eigenvalue weighted by atomic mass is 9.87. The Morgan fingerprint density at radius 1 is 1.03 bits per heavy atom. The van der Waals surface area contributed by atoms with Crippen molar-refractivity contribution in [2.45, 2.75) is 18.4 Å². The molecule has 0 bridgehead atoms. The van der Waals surface area contributed by atoms with Gasteiger partial charge in [0, 0.05) is 23.8 Å². The molecule has 3 N–H and O–H groups in total. The second-order valence-electron chi connectivity index (χ2n) is 6.70. The highest BCUT2D eigenvalue weighted by molar-refractivity contribution is 7.12. The molecule has 7 nitrogen and oxygen atoms in total. The minimum Gasteiger partial charge on any atom is -0.324 e. The normalized spacial score (nSPS) is 15.2. The van der Waals surface area contributed by atoms with Gasteiger partial charge in [-0.3, -0.25) is 14.3 Å². The molecule has 2 aromatic heterocycles. The van der Waals surface area contributed by atoms with Crippen LogP contribution < -0.4 is 16.0 Å². The average Bonchev–Trinajstić information content (AvgIpc) is 3.44. The highest BCUT2D eigenvalue weighted by atomic mass is 35.5. The van der Waals surface area contributed by atoms with Crippen LogP contribution in [-0.2, 0) is 10.3 Å². The van der Waals surface area contributed by atoms with Crippen LogP contribution in [-0.4, -0.2) is 34.7 Å². The highest BCUT2D eigenvalue weighted by Gasteiger charge is 2.42. The first-order valence-corrected chi connectivity index (χ1v) is 10.0. The number of nitrogens with zero attached hydrogens (tertiary/aromatic N) is 2. The van der Waals surface area contributed by atoms with E-state index < -0.39 is 5.54 Å². The first-order chi connectivity index (χ1) is 13.7. The molecule has 152 valence electrons. The second kappa shape index (κ2) is 9.21. The zero-order chi connectivity index (χ0) is 19.4. The van der Waals surface area contributed by atoms with Crippen molar-refractivity contribution < 1.29 is 9.59 Å². The number of benzene rings is 1. The van der Waals surface area contributed by atoms with Crippen LogP contribution in [0.4, 0.5) is 11.4 Å². The molecule has 2 amide bonds. The molecule has 1 saturated heterocycles. The van der Waals surface area contributed by atoms with Gasteiger partial charge in [-0.15, -0.1) is 23.7 Å². The molecule has 0 saturated carbocycles. The summed E-state index contributed by atoms with van der Waals surface area (Å²) in [6, 6.07) is 12.6. The van der Waals surface area contributed by atoms with E-state index in [0.717, 1.165) is 13.1 Å². The van der Waals surface area contributed by atoms with Gasteiger partial charge in [-0.05, 0) is 67.7 Å². The SMILES string of the molecule is Cl.O=C(Nc1ccc(NC(=O)C2(n3cccn3)CCNCC2)cc1)c1cccs1. The van der Waals surface area contributed by atoms with Gasteiger partial charge in [0.2, 0.25) is 0 Å². The van der Waals surface area contributed by atoms with E-state index in [-0.39, 0.29) is 24.2 Å². The molecule has 3 aromatic rings. The lowest BCUT2D eigenvalue weighted by molar-refractivity contribution is -0.126. The molecule has 1 aliphatic rings. The molecule has 29 heavy (non-hydrogen) atoms. The number of thiophene rings is 1. The number of nitrogens with one attached hydrogen (secondary N) is 3. The molecular weight excluding hydrogens is 410 g/mol. The third kappa shape index (κ3) is 4.50. The number of piperidine rings is 1. The summed E-state index contributed by atoms with van der Waals surface area (Å²) in [5.41, 5.74) is 0.671. The number of carbonyl (C=O) groups is 2. The van der Waals surface area contributed by atoms with Gasteiger partial charge in [-0.25, -0.2) is 0 Å². The Morgan fingerprint density at radius 3 is 2.31 bits per heavy atom. The highest BCUT2D eigenvalue weighted by Crippen LogP contribution is 2.29. The van der Waals surface area contributed by atoms with Crippen LogP contribution in [0.25, 0.3) is 0 Å². The Balaban J connectivity index is 0.00000240. The fourth-order valence-corrected chi connectivity index (χ4v) is 4.03. The number of halogens is 1. The second-order valence-corrected chi connectivity index (χ2v) is 7.64. The van der Waals surface area contributed by atoms with Gasteiger partial charge in [0.05, 0.1) is 4.88 Å². The summed E-state index contributed by atoms with van der Waals surface area (Å²) in [7, 11) is 0. The summed E-state index contributed by atoms with van der Waals surface area (Å²) in [6.45, 7) is 1.53. The lowest BCUT2D eigenvalue weighted by Gasteiger charge is -2.36. The predicted octanol–water partition coefficient (Wildman–Crippen LogP) is 3.34. The minimum atomic E-state index is -0.694. The molecule has 1 aromatic carbocycles. The first kappa shape index (κ1) is 21.0. The smallest absolute Gasteiger partial charge is 0.265 e. The van der Waals surface area contributed by atoms with E-state index in [1.54, 1.807) is 41.2 Å². The topological polar surface area (TPSA) is 88.1 Å². The van der Waals surface area contributed by atoms with E-state index in [1.165, 1.54) is 11.3 Å². The van der Waals surface area contributed by atoms with Crippen molar-refractivity contribution in [3.63, 3.8) is 0 Å². The maximum absolute atomic E-state index is 13.1. The number of hydrogen-bond donors (Lipinski definition) is 3. The Morgan fingerprint density at radius 2 is 1.72 bits per heavy atom. The van der Waals surface area contributed by atoms with Crippen molar-refractivity contribution in [2.24, 2.45) is 0 Å². The van der Waals surface area contributed by atoms with E-state index in [4.69, 9.17) is 0 Å². The van der Waals surface area contributed by atoms with Gasteiger partial charge in [0.25, 0.3) is 11.8 Å². The molecule has 0 spiro atoms. The van der Waals surface area contributed by atoms with Crippen molar-refractivity contribution in [1.29, 1.82) is 0 Å². The van der Waals surface area contributed by atoms with Gasteiger partial charge in [0.15, 0.2) is 0 Å². The third-order valence-corrected chi connectivity index (χ3v) is 5.81. The average molecular weight is 432 g/mol. The van der Waals surface area contributed by atoms with Crippen LogP contribution in [0.2, 0.25) is 0 Å². The quantitative estimate of drug-likeness (QED) is 0.578. The van der Waals surface area contributed by atoms with Gasteiger partial charge in [-0.1, -0.05) is 6.07 Å². The van der Waals surface area contributed by atoms with E-state index in [9.17, 15) is 9.59 Å². The fourth-order valence-electron chi connectivity index (χ4n) is 3.41. The Kier molecular flexibility index (Phi) is 6.68. The van der Waals surface area contributed by atoms with Crippen LogP contribution in [0, 0.1) is 0 Å². The van der Waals surface area contributed by atoms with Gasteiger partial charge in [-0.2, -0.15) is 5.10 Å². The summed E-state index contributed by atoms with van der Waals surface area (Å²) >= 11 is 1.39. The van der Waals surface area contributed by atoms with Gasteiger partial charge >= 0.3 is 0 Å². The van der Waals surface area contributed by atoms with E-state index >= 15 is 0 Å². The lowest BCUT2D eigenvalue weighted by Crippen LogP contribution is -2.52. The van der Waals surface area contributed by atoms with Gasteiger partial charge < -0.3 is 16.0 Å². The summed E-state index contributed by atoms with van der Waals surface area (Å²) in [6.07, 6.45) is 4.89. The summed E-state index contributed by atoms with van der Waals surface area (Å²) in [5, 5.41) is 15.4. The number of anilines is 2. The molecule has 1 aliphatic heterocycles. The standard InChI is InChI=1S/C20H21N5O2S.ClH/c26-18(17-3-1-14-28-17)23-15-4-6-16(7-5-15)24-19(27)20(8-11-21-12-9-20)25-13-2-10-22-25;/h1-7,10,13-14,21H,8-9,11-12H2,(H,23,26)(H,24,27);1H. The zero-order valence-electron chi connectivity index (χ0n) is 15.6.